The second-order valence-electron chi connectivity index (χ2n) is 4.62. The van der Waals surface area contributed by atoms with Crippen LogP contribution in [0.5, 0.6) is 5.75 Å². The summed E-state index contributed by atoms with van der Waals surface area (Å²) in [5, 5.41) is 3.20. The highest BCUT2D eigenvalue weighted by atomic mass is 19.1. The van der Waals surface area contributed by atoms with E-state index in [0.717, 1.165) is 31.9 Å². The van der Waals surface area contributed by atoms with E-state index in [2.05, 4.69) is 17.1 Å². The second-order valence-corrected chi connectivity index (χ2v) is 4.62. The van der Waals surface area contributed by atoms with Crippen LogP contribution in [0.4, 0.5) is 10.1 Å². The Morgan fingerprint density at radius 2 is 2.37 bits per heavy atom. The van der Waals surface area contributed by atoms with Crippen LogP contribution < -0.4 is 10.1 Å². The first-order chi connectivity index (χ1) is 9.22. The molecule has 1 heterocycles. The van der Waals surface area contributed by atoms with E-state index in [1.165, 1.54) is 13.2 Å². The lowest BCUT2D eigenvalue weighted by Gasteiger charge is -2.32. The lowest BCUT2D eigenvalue weighted by atomic mass is 10.2. The molecule has 1 aromatic rings. The highest BCUT2D eigenvalue weighted by molar-refractivity contribution is 5.47. The highest BCUT2D eigenvalue weighted by Crippen LogP contribution is 2.20. The Balaban J connectivity index is 1.86. The van der Waals surface area contributed by atoms with Gasteiger partial charge in [0.1, 0.15) is 0 Å². The van der Waals surface area contributed by atoms with Crippen LogP contribution in [0.25, 0.3) is 0 Å². The predicted octanol–water partition coefficient (Wildman–Crippen LogP) is 1.97. The summed E-state index contributed by atoms with van der Waals surface area (Å²) in [6, 6.07) is 4.87. The van der Waals surface area contributed by atoms with Crippen molar-refractivity contribution < 1.29 is 13.9 Å². The molecule has 0 saturated carbocycles. The number of benzene rings is 1. The molecule has 1 saturated heterocycles. The molecule has 0 aliphatic carbocycles. The molecular formula is C14H21FN2O2. The molecule has 1 fully saturated rings. The molecule has 1 atom stereocenters. The van der Waals surface area contributed by atoms with Crippen molar-refractivity contribution in [1.29, 1.82) is 0 Å². The summed E-state index contributed by atoms with van der Waals surface area (Å²) in [6.45, 7) is 6.54. The molecule has 2 rings (SSSR count). The van der Waals surface area contributed by atoms with E-state index in [1.54, 1.807) is 6.07 Å². The number of rotatable bonds is 5. The highest BCUT2D eigenvalue weighted by Gasteiger charge is 2.18. The largest absolute Gasteiger partial charge is 0.494 e. The van der Waals surface area contributed by atoms with Crippen molar-refractivity contribution in [2.24, 2.45) is 0 Å². The van der Waals surface area contributed by atoms with Crippen molar-refractivity contribution in [3.63, 3.8) is 0 Å². The van der Waals surface area contributed by atoms with Crippen LogP contribution in [0, 0.1) is 5.82 Å². The zero-order chi connectivity index (χ0) is 13.7. The Morgan fingerprint density at radius 3 is 3.05 bits per heavy atom. The minimum atomic E-state index is -0.354. The van der Waals surface area contributed by atoms with Gasteiger partial charge in [-0.15, -0.1) is 0 Å². The van der Waals surface area contributed by atoms with E-state index in [4.69, 9.17) is 9.47 Å². The van der Waals surface area contributed by atoms with Gasteiger partial charge < -0.3 is 14.8 Å². The third-order valence-corrected chi connectivity index (χ3v) is 3.36. The van der Waals surface area contributed by atoms with Gasteiger partial charge in [-0.25, -0.2) is 4.39 Å². The van der Waals surface area contributed by atoms with E-state index in [0.29, 0.717) is 6.54 Å². The van der Waals surface area contributed by atoms with Gasteiger partial charge in [0.05, 0.1) is 19.8 Å². The van der Waals surface area contributed by atoms with Crippen molar-refractivity contribution in [2.75, 3.05) is 45.2 Å². The van der Waals surface area contributed by atoms with E-state index >= 15 is 0 Å². The Labute approximate surface area is 113 Å². The molecule has 1 aliphatic heterocycles. The molecule has 1 N–H and O–H groups in total. The minimum Gasteiger partial charge on any atom is -0.494 e. The molecule has 106 valence electrons. The Morgan fingerprint density at radius 1 is 1.53 bits per heavy atom. The predicted molar refractivity (Wildman–Crippen MR) is 73.3 cm³/mol. The molecule has 0 amide bonds. The third kappa shape index (κ3) is 3.81. The Kier molecular flexibility index (Phi) is 4.99. The summed E-state index contributed by atoms with van der Waals surface area (Å²) in [5.41, 5.74) is 0.746. The number of nitrogens with zero attached hydrogens (tertiary/aromatic N) is 1. The van der Waals surface area contributed by atoms with Crippen LogP contribution in [0.2, 0.25) is 0 Å². The molecule has 1 aliphatic rings. The van der Waals surface area contributed by atoms with Gasteiger partial charge in [-0.05, 0) is 18.7 Å². The van der Waals surface area contributed by atoms with Gasteiger partial charge in [-0.2, -0.15) is 0 Å². The first kappa shape index (κ1) is 14.1. The first-order valence-corrected chi connectivity index (χ1v) is 6.64. The molecule has 0 spiro atoms. The molecule has 5 heteroatoms. The monoisotopic (exact) mass is 268 g/mol. The van der Waals surface area contributed by atoms with Gasteiger partial charge in [0.2, 0.25) is 0 Å². The number of likely N-dealkylation sites (N-methyl/N-ethyl adjacent to an activating group) is 1. The third-order valence-electron chi connectivity index (χ3n) is 3.36. The number of hydrogen-bond acceptors (Lipinski definition) is 4. The molecule has 1 unspecified atom stereocenters. The lowest BCUT2D eigenvalue weighted by molar-refractivity contribution is -0.0191. The molecule has 0 radical (unpaired) electrons. The molecule has 4 nitrogen and oxygen atoms in total. The van der Waals surface area contributed by atoms with Crippen molar-refractivity contribution >= 4 is 5.69 Å². The van der Waals surface area contributed by atoms with Gasteiger partial charge in [0, 0.05) is 31.4 Å². The number of halogens is 1. The number of ether oxygens (including phenoxy) is 2. The maximum absolute atomic E-state index is 13.5. The normalized spacial score (nSPS) is 20.3. The zero-order valence-electron chi connectivity index (χ0n) is 11.5. The first-order valence-electron chi connectivity index (χ1n) is 6.64. The minimum absolute atomic E-state index is 0.152. The second kappa shape index (κ2) is 6.73. The summed E-state index contributed by atoms with van der Waals surface area (Å²) in [6.07, 6.45) is 0.152. The molecule has 1 aromatic carbocycles. The summed E-state index contributed by atoms with van der Waals surface area (Å²) in [7, 11) is 1.46. The summed E-state index contributed by atoms with van der Waals surface area (Å²) >= 11 is 0. The average molecular weight is 268 g/mol. The Bertz CT molecular complexity index is 414. The maximum atomic E-state index is 13.5. The Hall–Kier alpha value is -1.33. The standard InChI is InChI=1S/C14H21FN2O2/c1-3-17-6-7-19-12(10-17)9-16-11-4-5-14(18-2)13(15)8-11/h4-5,8,12,16H,3,6-7,9-10H2,1-2H3. The number of nitrogens with one attached hydrogen (secondary N) is 1. The number of morpholine rings is 1. The number of hydrogen-bond donors (Lipinski definition) is 1. The van der Waals surface area contributed by atoms with E-state index in [-0.39, 0.29) is 17.7 Å². The average Bonchev–Trinajstić information content (AvgIpc) is 2.45. The molecule has 0 bridgehead atoms. The lowest BCUT2D eigenvalue weighted by Crippen LogP contribution is -2.45. The summed E-state index contributed by atoms with van der Waals surface area (Å²) in [4.78, 5) is 2.35. The zero-order valence-corrected chi connectivity index (χ0v) is 11.5. The van der Waals surface area contributed by atoms with Crippen molar-refractivity contribution in [3.8, 4) is 5.75 Å². The fourth-order valence-corrected chi connectivity index (χ4v) is 2.20. The van der Waals surface area contributed by atoms with Gasteiger partial charge in [0.15, 0.2) is 11.6 Å². The van der Waals surface area contributed by atoms with Crippen LogP contribution in [-0.4, -0.2) is 50.9 Å². The van der Waals surface area contributed by atoms with E-state index in [1.807, 2.05) is 6.07 Å². The van der Waals surface area contributed by atoms with Gasteiger partial charge >= 0.3 is 0 Å². The fourth-order valence-electron chi connectivity index (χ4n) is 2.20. The van der Waals surface area contributed by atoms with Gasteiger partial charge in [-0.1, -0.05) is 6.92 Å². The molecular weight excluding hydrogens is 247 g/mol. The SMILES string of the molecule is CCN1CCOC(CNc2ccc(OC)c(F)c2)C1. The molecule has 19 heavy (non-hydrogen) atoms. The maximum Gasteiger partial charge on any atom is 0.167 e. The topological polar surface area (TPSA) is 33.7 Å². The van der Waals surface area contributed by atoms with E-state index in [9.17, 15) is 4.39 Å². The quantitative estimate of drug-likeness (QED) is 0.885. The van der Waals surface area contributed by atoms with Crippen LogP contribution in [0.3, 0.4) is 0 Å². The van der Waals surface area contributed by atoms with Crippen LogP contribution in [0.1, 0.15) is 6.92 Å². The number of anilines is 1. The van der Waals surface area contributed by atoms with Gasteiger partial charge in [0.25, 0.3) is 0 Å². The van der Waals surface area contributed by atoms with Crippen LogP contribution >= 0.6 is 0 Å². The fraction of sp³-hybridized carbons (Fsp3) is 0.571. The van der Waals surface area contributed by atoms with Crippen LogP contribution in [0.15, 0.2) is 18.2 Å². The summed E-state index contributed by atoms with van der Waals surface area (Å²) in [5.74, 6) is -0.0936. The van der Waals surface area contributed by atoms with Crippen LogP contribution in [-0.2, 0) is 4.74 Å². The number of methoxy groups -OCH3 is 1. The van der Waals surface area contributed by atoms with Crippen molar-refractivity contribution in [3.05, 3.63) is 24.0 Å². The molecule has 0 aromatic heterocycles. The smallest absolute Gasteiger partial charge is 0.167 e. The van der Waals surface area contributed by atoms with Crippen molar-refractivity contribution in [2.45, 2.75) is 13.0 Å². The van der Waals surface area contributed by atoms with E-state index < -0.39 is 0 Å². The van der Waals surface area contributed by atoms with Gasteiger partial charge in [-0.3, -0.25) is 4.90 Å². The summed E-state index contributed by atoms with van der Waals surface area (Å²) < 4.78 is 24.1. The van der Waals surface area contributed by atoms with Crippen molar-refractivity contribution in [1.82, 2.24) is 4.90 Å².